The summed E-state index contributed by atoms with van der Waals surface area (Å²) in [5, 5.41) is 13.9. The molecule has 0 heterocycles. The van der Waals surface area contributed by atoms with Gasteiger partial charge in [-0.3, -0.25) is 14.9 Å². The summed E-state index contributed by atoms with van der Waals surface area (Å²) in [6.45, 7) is 1.45. The van der Waals surface area contributed by atoms with Crippen LogP contribution in [0.1, 0.15) is 17.3 Å². The summed E-state index contributed by atoms with van der Waals surface area (Å²) in [6.07, 6.45) is -1.04. The van der Waals surface area contributed by atoms with Gasteiger partial charge in [0.1, 0.15) is 5.75 Å². The third-order valence-electron chi connectivity index (χ3n) is 3.61. The highest BCUT2D eigenvalue weighted by Crippen LogP contribution is 2.30. The Labute approximate surface area is 155 Å². The van der Waals surface area contributed by atoms with Crippen molar-refractivity contribution in [1.29, 1.82) is 0 Å². The summed E-state index contributed by atoms with van der Waals surface area (Å²) in [4.78, 5) is 34.4. The number of anilines is 1. The van der Waals surface area contributed by atoms with Crippen LogP contribution in [-0.4, -0.2) is 37.1 Å². The minimum Gasteiger partial charge on any atom is -0.495 e. The Morgan fingerprint density at radius 1 is 1.11 bits per heavy atom. The van der Waals surface area contributed by atoms with Crippen LogP contribution < -0.4 is 14.8 Å². The number of rotatable bonds is 7. The number of hydrogen-bond donors (Lipinski definition) is 1. The van der Waals surface area contributed by atoms with Crippen molar-refractivity contribution in [2.24, 2.45) is 0 Å². The zero-order valence-corrected chi connectivity index (χ0v) is 14.9. The van der Waals surface area contributed by atoms with Crippen LogP contribution in [0.3, 0.4) is 0 Å². The lowest BCUT2D eigenvalue weighted by molar-refractivity contribution is -0.386. The van der Waals surface area contributed by atoms with E-state index in [1.807, 2.05) is 0 Å². The topological polar surface area (TPSA) is 117 Å². The van der Waals surface area contributed by atoms with Gasteiger partial charge in [-0.15, -0.1) is 0 Å². The predicted octanol–water partition coefficient (Wildman–Crippen LogP) is 2.80. The number of para-hydroxylation sites is 2. The lowest BCUT2D eigenvalue weighted by Gasteiger charge is -2.16. The molecule has 0 bridgehead atoms. The molecule has 27 heavy (non-hydrogen) atoms. The molecule has 0 radical (unpaired) electrons. The fourth-order valence-electron chi connectivity index (χ4n) is 2.23. The molecule has 0 aliphatic carbocycles. The number of amides is 1. The zero-order chi connectivity index (χ0) is 20.0. The zero-order valence-electron chi connectivity index (χ0n) is 14.9. The van der Waals surface area contributed by atoms with Gasteiger partial charge in [-0.2, -0.15) is 0 Å². The van der Waals surface area contributed by atoms with E-state index in [2.05, 4.69) is 10.1 Å². The number of nitro groups is 1. The van der Waals surface area contributed by atoms with E-state index >= 15 is 0 Å². The smallest absolute Gasteiger partial charge is 0.338 e. The van der Waals surface area contributed by atoms with E-state index < -0.39 is 28.6 Å². The van der Waals surface area contributed by atoms with Gasteiger partial charge in [-0.1, -0.05) is 12.1 Å². The van der Waals surface area contributed by atoms with Gasteiger partial charge in [0.05, 0.1) is 30.4 Å². The minimum absolute atomic E-state index is 0.00248. The highest BCUT2D eigenvalue weighted by atomic mass is 16.6. The Bertz CT molecular complexity index is 867. The standard InChI is InChI=1S/C18H18N2O7/c1-11(17(21)19-13-6-4-5-7-15(13)25-2)27-16-9-8-12(18(22)26-3)10-14(16)20(23)24/h4-11H,1-3H3,(H,19,21)/t11-/m1/s1. The lowest BCUT2D eigenvalue weighted by Crippen LogP contribution is -2.30. The molecule has 0 saturated heterocycles. The summed E-state index contributed by atoms with van der Waals surface area (Å²) in [5.41, 5.74) is -0.00601. The first-order valence-electron chi connectivity index (χ1n) is 7.84. The van der Waals surface area contributed by atoms with Crippen LogP contribution >= 0.6 is 0 Å². The van der Waals surface area contributed by atoms with E-state index in [1.165, 1.54) is 33.3 Å². The Morgan fingerprint density at radius 3 is 2.44 bits per heavy atom. The van der Waals surface area contributed by atoms with E-state index in [4.69, 9.17) is 9.47 Å². The molecule has 1 atom stereocenters. The maximum atomic E-state index is 12.4. The van der Waals surface area contributed by atoms with Crippen LogP contribution in [0.25, 0.3) is 0 Å². The number of ether oxygens (including phenoxy) is 3. The number of benzene rings is 2. The van der Waals surface area contributed by atoms with Crippen LogP contribution in [0.5, 0.6) is 11.5 Å². The molecule has 2 aromatic rings. The quantitative estimate of drug-likeness (QED) is 0.450. The van der Waals surface area contributed by atoms with Gasteiger partial charge >= 0.3 is 11.7 Å². The van der Waals surface area contributed by atoms with Crippen LogP contribution in [0, 0.1) is 10.1 Å². The summed E-state index contributed by atoms with van der Waals surface area (Å²) >= 11 is 0. The van der Waals surface area contributed by atoms with Gasteiger partial charge in [0.15, 0.2) is 11.9 Å². The fourth-order valence-corrected chi connectivity index (χ4v) is 2.23. The summed E-state index contributed by atoms with van der Waals surface area (Å²) in [5.74, 6) is -0.917. The molecule has 9 heteroatoms. The van der Waals surface area contributed by atoms with E-state index in [1.54, 1.807) is 24.3 Å². The van der Waals surface area contributed by atoms with Crippen molar-refractivity contribution < 1.29 is 28.7 Å². The van der Waals surface area contributed by atoms with Crippen LogP contribution in [0.15, 0.2) is 42.5 Å². The molecule has 2 rings (SSSR count). The van der Waals surface area contributed by atoms with Gasteiger partial charge in [-0.05, 0) is 31.2 Å². The number of methoxy groups -OCH3 is 2. The molecule has 1 amide bonds. The molecule has 0 unspecified atom stereocenters. The second-order valence-corrected chi connectivity index (χ2v) is 5.38. The average molecular weight is 374 g/mol. The van der Waals surface area contributed by atoms with Crippen molar-refractivity contribution in [2.45, 2.75) is 13.0 Å². The number of nitrogens with zero attached hydrogens (tertiary/aromatic N) is 1. The summed E-state index contributed by atoms with van der Waals surface area (Å²) < 4.78 is 15.1. The van der Waals surface area contributed by atoms with Crippen LogP contribution in [0.4, 0.5) is 11.4 Å². The summed E-state index contributed by atoms with van der Waals surface area (Å²) in [6, 6.07) is 10.4. The second kappa shape index (κ2) is 8.65. The maximum absolute atomic E-state index is 12.4. The first-order valence-corrected chi connectivity index (χ1v) is 7.84. The van der Waals surface area contributed by atoms with Crippen molar-refractivity contribution in [3.05, 3.63) is 58.1 Å². The van der Waals surface area contributed by atoms with Gasteiger partial charge in [0, 0.05) is 6.07 Å². The van der Waals surface area contributed by atoms with Gasteiger partial charge < -0.3 is 19.5 Å². The number of nitro benzene ring substituents is 1. The average Bonchev–Trinajstić information content (AvgIpc) is 2.67. The second-order valence-electron chi connectivity index (χ2n) is 5.38. The maximum Gasteiger partial charge on any atom is 0.338 e. The van der Waals surface area contributed by atoms with Crippen molar-refractivity contribution in [3.8, 4) is 11.5 Å². The first kappa shape index (κ1) is 19.7. The van der Waals surface area contributed by atoms with Crippen LogP contribution in [-0.2, 0) is 9.53 Å². The van der Waals surface area contributed by atoms with Crippen molar-refractivity contribution in [1.82, 2.24) is 0 Å². The number of carbonyl (C=O) groups is 2. The molecule has 0 spiro atoms. The Morgan fingerprint density at radius 2 is 1.81 bits per heavy atom. The molecule has 9 nitrogen and oxygen atoms in total. The van der Waals surface area contributed by atoms with E-state index in [-0.39, 0.29) is 11.3 Å². The highest BCUT2D eigenvalue weighted by molar-refractivity contribution is 5.95. The van der Waals surface area contributed by atoms with Crippen molar-refractivity contribution in [2.75, 3.05) is 19.5 Å². The molecule has 0 aliphatic heterocycles. The van der Waals surface area contributed by atoms with E-state index in [9.17, 15) is 19.7 Å². The van der Waals surface area contributed by atoms with Crippen LogP contribution in [0.2, 0.25) is 0 Å². The number of carbonyl (C=O) groups excluding carboxylic acids is 2. The molecular formula is C18H18N2O7. The normalized spacial score (nSPS) is 11.2. The van der Waals surface area contributed by atoms with E-state index in [0.29, 0.717) is 11.4 Å². The largest absolute Gasteiger partial charge is 0.495 e. The van der Waals surface area contributed by atoms with E-state index in [0.717, 1.165) is 6.07 Å². The van der Waals surface area contributed by atoms with Crippen molar-refractivity contribution >= 4 is 23.3 Å². The van der Waals surface area contributed by atoms with Gasteiger partial charge in [0.25, 0.3) is 5.91 Å². The SMILES string of the molecule is COC(=O)c1ccc(O[C@H](C)C(=O)Nc2ccccc2OC)c([N+](=O)[O-])c1. The van der Waals surface area contributed by atoms with Gasteiger partial charge in [-0.25, -0.2) is 4.79 Å². The Hall–Kier alpha value is -3.62. The molecule has 0 saturated carbocycles. The monoisotopic (exact) mass is 374 g/mol. The molecule has 0 aliphatic rings. The lowest BCUT2D eigenvalue weighted by atomic mass is 10.2. The molecule has 0 aromatic heterocycles. The van der Waals surface area contributed by atoms with Gasteiger partial charge in [0.2, 0.25) is 0 Å². The van der Waals surface area contributed by atoms with Crippen molar-refractivity contribution in [3.63, 3.8) is 0 Å². The first-order chi connectivity index (χ1) is 12.9. The Kier molecular flexibility index (Phi) is 6.32. The number of nitrogens with one attached hydrogen (secondary N) is 1. The molecule has 2 aromatic carbocycles. The number of hydrogen-bond acceptors (Lipinski definition) is 7. The molecule has 142 valence electrons. The Balaban J connectivity index is 2.19. The predicted molar refractivity (Wildman–Crippen MR) is 96.1 cm³/mol. The third kappa shape index (κ3) is 4.72. The fraction of sp³-hybridized carbons (Fsp3) is 0.222. The highest BCUT2D eigenvalue weighted by Gasteiger charge is 2.23. The molecule has 0 fully saturated rings. The molecule has 1 N–H and O–H groups in total. The summed E-state index contributed by atoms with van der Waals surface area (Å²) in [7, 11) is 2.64. The third-order valence-corrected chi connectivity index (χ3v) is 3.61. The minimum atomic E-state index is -1.04. The molecular weight excluding hydrogens is 356 g/mol. The number of esters is 1.